The maximum Gasteiger partial charge on any atom is 0.248 e. The van der Waals surface area contributed by atoms with Gasteiger partial charge in [0.05, 0.1) is 6.07 Å². The molecule has 0 saturated carbocycles. The normalized spacial score (nSPS) is 20.0. The Labute approximate surface area is 139 Å². The highest BCUT2D eigenvalue weighted by Gasteiger charge is 2.46. The fourth-order valence-corrected chi connectivity index (χ4v) is 2.75. The van der Waals surface area contributed by atoms with E-state index in [-0.39, 0.29) is 17.7 Å². The molecule has 1 saturated heterocycles. The number of rotatable bonds is 4. The van der Waals surface area contributed by atoms with Crippen molar-refractivity contribution in [2.45, 2.75) is 19.8 Å². The largest absolute Gasteiger partial charge is 0.324 e. The summed E-state index contributed by atoms with van der Waals surface area (Å²) in [5.41, 5.74) is -0.457. The zero-order chi connectivity index (χ0) is 17.2. The Balaban J connectivity index is 1.84. The van der Waals surface area contributed by atoms with Crippen molar-refractivity contribution in [2.24, 2.45) is 5.41 Å². The lowest BCUT2D eigenvalue weighted by Gasteiger charge is -2.19. The predicted molar refractivity (Wildman–Crippen MR) is 87.0 cm³/mol. The summed E-state index contributed by atoms with van der Waals surface area (Å²) in [5.74, 6) is 0.0897. The number of hydrogen-bond acceptors (Lipinski definition) is 5. The third-order valence-corrected chi connectivity index (χ3v) is 4.23. The van der Waals surface area contributed by atoms with Gasteiger partial charge >= 0.3 is 0 Å². The zero-order valence-electron chi connectivity index (χ0n) is 13.2. The van der Waals surface area contributed by atoms with E-state index in [4.69, 9.17) is 0 Å². The molecule has 122 valence electrons. The highest BCUT2D eigenvalue weighted by molar-refractivity contribution is 6.01. The van der Waals surface area contributed by atoms with Crippen LogP contribution in [0, 0.1) is 22.6 Å². The smallest absolute Gasteiger partial charge is 0.248 e. The molecule has 1 unspecified atom stereocenters. The van der Waals surface area contributed by atoms with Crippen molar-refractivity contribution in [1.82, 2.24) is 9.97 Å². The standard InChI is InChI=1S/C17H16FN5O/c1-2-17(11-19)7-9-23(15(17)24)14-6-8-20-16(22-14)21-13-5-3-4-12(18)10-13/h3-6,8,10H,2,7,9H2,1H3,(H,20,21,22). The number of nitriles is 1. The van der Waals surface area contributed by atoms with Crippen molar-refractivity contribution >= 4 is 23.4 Å². The van der Waals surface area contributed by atoms with E-state index in [2.05, 4.69) is 21.4 Å². The molecule has 2 aromatic rings. The van der Waals surface area contributed by atoms with E-state index in [1.807, 2.05) is 6.92 Å². The molecule has 0 radical (unpaired) electrons. The van der Waals surface area contributed by atoms with Crippen LogP contribution in [0.15, 0.2) is 36.5 Å². The molecule has 1 N–H and O–H groups in total. The molecular weight excluding hydrogens is 309 g/mol. The van der Waals surface area contributed by atoms with Gasteiger partial charge in [0.15, 0.2) is 0 Å². The third kappa shape index (κ3) is 2.78. The lowest BCUT2D eigenvalue weighted by Crippen LogP contribution is -2.33. The molecule has 7 heteroatoms. The Hall–Kier alpha value is -3.01. The van der Waals surface area contributed by atoms with Crippen molar-refractivity contribution in [2.75, 3.05) is 16.8 Å². The second-order valence-corrected chi connectivity index (χ2v) is 5.63. The average molecular weight is 325 g/mol. The molecule has 1 aliphatic heterocycles. The number of nitrogens with one attached hydrogen (secondary N) is 1. The van der Waals surface area contributed by atoms with Crippen LogP contribution in [0.5, 0.6) is 0 Å². The van der Waals surface area contributed by atoms with Crippen LogP contribution in [-0.2, 0) is 4.79 Å². The Bertz CT molecular complexity index is 819. The first-order valence-electron chi connectivity index (χ1n) is 7.67. The van der Waals surface area contributed by atoms with Gasteiger partial charge < -0.3 is 5.32 Å². The van der Waals surface area contributed by atoms with Crippen LogP contribution >= 0.6 is 0 Å². The molecular formula is C17H16FN5O. The van der Waals surface area contributed by atoms with Gasteiger partial charge in [-0.15, -0.1) is 0 Å². The van der Waals surface area contributed by atoms with E-state index in [1.54, 1.807) is 18.2 Å². The molecule has 6 nitrogen and oxygen atoms in total. The predicted octanol–water partition coefficient (Wildman–Crippen LogP) is 3.02. The van der Waals surface area contributed by atoms with Crippen molar-refractivity contribution in [3.05, 3.63) is 42.3 Å². The van der Waals surface area contributed by atoms with Crippen molar-refractivity contribution < 1.29 is 9.18 Å². The summed E-state index contributed by atoms with van der Waals surface area (Å²) in [6.45, 7) is 2.28. The van der Waals surface area contributed by atoms with Gasteiger partial charge in [-0.3, -0.25) is 9.69 Å². The summed E-state index contributed by atoms with van der Waals surface area (Å²) in [7, 11) is 0. The number of aromatic nitrogens is 2. The van der Waals surface area contributed by atoms with E-state index >= 15 is 0 Å². The number of nitrogens with zero attached hydrogens (tertiary/aromatic N) is 4. The Morgan fingerprint density at radius 1 is 1.46 bits per heavy atom. The topological polar surface area (TPSA) is 81.9 Å². The highest BCUT2D eigenvalue weighted by Crippen LogP contribution is 2.36. The summed E-state index contributed by atoms with van der Waals surface area (Å²) < 4.78 is 13.2. The lowest BCUT2D eigenvalue weighted by molar-refractivity contribution is -0.123. The quantitative estimate of drug-likeness (QED) is 0.934. The van der Waals surface area contributed by atoms with Crippen LogP contribution in [0.1, 0.15) is 19.8 Å². The number of hydrogen-bond donors (Lipinski definition) is 1. The van der Waals surface area contributed by atoms with Crippen molar-refractivity contribution in [3.63, 3.8) is 0 Å². The lowest BCUT2D eigenvalue weighted by atomic mass is 9.85. The fraction of sp³-hybridized carbons (Fsp3) is 0.294. The summed E-state index contributed by atoms with van der Waals surface area (Å²) in [6.07, 6.45) is 2.48. The second kappa shape index (κ2) is 6.24. The maximum atomic E-state index is 13.2. The molecule has 0 aliphatic carbocycles. The molecule has 24 heavy (non-hydrogen) atoms. The third-order valence-electron chi connectivity index (χ3n) is 4.23. The number of anilines is 3. The summed E-state index contributed by atoms with van der Waals surface area (Å²) >= 11 is 0. The molecule has 0 bridgehead atoms. The molecule has 1 fully saturated rings. The Morgan fingerprint density at radius 2 is 2.29 bits per heavy atom. The van der Waals surface area contributed by atoms with Gasteiger partial charge in [0.25, 0.3) is 0 Å². The molecule has 1 atom stereocenters. The van der Waals surface area contributed by atoms with Gasteiger partial charge in [-0.05, 0) is 37.1 Å². The minimum absolute atomic E-state index is 0.233. The fourth-order valence-electron chi connectivity index (χ4n) is 2.75. The van der Waals surface area contributed by atoms with Gasteiger partial charge in [0, 0.05) is 18.4 Å². The molecule has 0 spiro atoms. The van der Waals surface area contributed by atoms with Gasteiger partial charge in [0.1, 0.15) is 17.1 Å². The first-order valence-corrected chi connectivity index (χ1v) is 7.67. The minimum Gasteiger partial charge on any atom is -0.324 e. The number of amides is 1. The Morgan fingerprint density at radius 3 is 2.96 bits per heavy atom. The van der Waals surface area contributed by atoms with E-state index in [1.165, 1.54) is 23.2 Å². The van der Waals surface area contributed by atoms with Crippen LogP contribution in [0.25, 0.3) is 0 Å². The monoisotopic (exact) mass is 325 g/mol. The SMILES string of the molecule is CCC1(C#N)CCN(c2ccnc(Nc3cccc(F)c3)n2)C1=O. The van der Waals surface area contributed by atoms with Crippen molar-refractivity contribution in [3.8, 4) is 6.07 Å². The molecule has 1 aromatic carbocycles. The van der Waals surface area contributed by atoms with Gasteiger partial charge in [-0.2, -0.15) is 10.2 Å². The van der Waals surface area contributed by atoms with Crippen molar-refractivity contribution in [1.29, 1.82) is 5.26 Å². The van der Waals surface area contributed by atoms with Crippen LogP contribution < -0.4 is 10.2 Å². The zero-order valence-corrected chi connectivity index (χ0v) is 13.2. The first-order chi connectivity index (χ1) is 11.6. The minimum atomic E-state index is -0.971. The molecule has 2 heterocycles. The van der Waals surface area contributed by atoms with Crippen LogP contribution in [0.3, 0.4) is 0 Å². The highest BCUT2D eigenvalue weighted by atomic mass is 19.1. The number of carbonyl (C=O) groups is 1. The van der Waals surface area contributed by atoms with E-state index in [0.717, 1.165) is 0 Å². The number of halogens is 1. The van der Waals surface area contributed by atoms with E-state index in [0.29, 0.717) is 30.9 Å². The van der Waals surface area contributed by atoms with Gasteiger partial charge in [0.2, 0.25) is 11.9 Å². The average Bonchev–Trinajstić information content (AvgIpc) is 2.92. The van der Waals surface area contributed by atoms with Crippen LogP contribution in [0.4, 0.5) is 21.8 Å². The Kier molecular flexibility index (Phi) is 4.13. The van der Waals surface area contributed by atoms with E-state index < -0.39 is 5.41 Å². The molecule has 1 aromatic heterocycles. The van der Waals surface area contributed by atoms with Crippen LogP contribution in [0.2, 0.25) is 0 Å². The number of benzene rings is 1. The molecule has 1 aliphatic rings. The summed E-state index contributed by atoms with van der Waals surface area (Å²) in [5, 5.41) is 12.3. The van der Waals surface area contributed by atoms with Gasteiger partial charge in [-0.25, -0.2) is 9.37 Å². The number of carbonyl (C=O) groups excluding carboxylic acids is 1. The van der Waals surface area contributed by atoms with E-state index in [9.17, 15) is 14.4 Å². The first kappa shape index (κ1) is 15.9. The second-order valence-electron chi connectivity index (χ2n) is 5.63. The maximum absolute atomic E-state index is 13.2. The summed E-state index contributed by atoms with van der Waals surface area (Å²) in [4.78, 5) is 22.5. The van der Waals surface area contributed by atoms with Gasteiger partial charge in [-0.1, -0.05) is 13.0 Å². The molecule has 1 amide bonds. The molecule has 3 rings (SSSR count). The van der Waals surface area contributed by atoms with Crippen LogP contribution in [-0.4, -0.2) is 22.4 Å². The summed E-state index contributed by atoms with van der Waals surface area (Å²) in [6, 6.07) is 9.71.